The Hall–Kier alpha value is -3.15. The van der Waals surface area contributed by atoms with Gasteiger partial charge in [0.15, 0.2) is 0 Å². The van der Waals surface area contributed by atoms with Crippen LogP contribution in [-0.2, 0) is 4.79 Å². The average molecular weight is 365 g/mol. The second kappa shape index (κ2) is 8.98. The van der Waals surface area contributed by atoms with Crippen LogP contribution in [0.25, 0.3) is 6.08 Å². The van der Waals surface area contributed by atoms with Crippen molar-refractivity contribution in [1.82, 2.24) is 0 Å². The lowest BCUT2D eigenvalue weighted by Gasteiger charge is -2.22. The molecular formula is C21H23N3O3. The zero-order valence-corrected chi connectivity index (χ0v) is 15.1. The van der Waals surface area contributed by atoms with Crippen LogP contribution in [0, 0.1) is 10.1 Å². The molecule has 0 aliphatic carbocycles. The third-order valence-corrected chi connectivity index (χ3v) is 4.61. The van der Waals surface area contributed by atoms with Crippen LogP contribution in [-0.4, -0.2) is 23.9 Å². The Labute approximate surface area is 158 Å². The van der Waals surface area contributed by atoms with E-state index in [4.69, 9.17) is 0 Å². The zero-order valence-electron chi connectivity index (χ0n) is 15.1. The largest absolute Gasteiger partial charge is 0.372 e. The number of benzene rings is 2. The van der Waals surface area contributed by atoms with Gasteiger partial charge in [0.05, 0.1) is 4.92 Å². The molecule has 0 unspecified atom stereocenters. The Balaban J connectivity index is 1.59. The molecule has 140 valence electrons. The van der Waals surface area contributed by atoms with Gasteiger partial charge in [0.25, 0.3) is 5.69 Å². The summed E-state index contributed by atoms with van der Waals surface area (Å²) in [4.78, 5) is 24.8. The fourth-order valence-corrected chi connectivity index (χ4v) is 3.18. The van der Waals surface area contributed by atoms with E-state index in [-0.39, 0.29) is 11.6 Å². The monoisotopic (exact) mass is 365 g/mol. The second-order valence-electron chi connectivity index (χ2n) is 6.62. The number of nitro benzene ring substituents is 1. The molecular weight excluding hydrogens is 342 g/mol. The summed E-state index contributed by atoms with van der Waals surface area (Å²) in [6.07, 6.45) is 7.97. The second-order valence-corrected chi connectivity index (χ2v) is 6.62. The zero-order chi connectivity index (χ0) is 19.1. The molecule has 6 heteroatoms. The quantitative estimate of drug-likeness (QED) is 0.476. The van der Waals surface area contributed by atoms with Gasteiger partial charge in [0.2, 0.25) is 5.91 Å². The van der Waals surface area contributed by atoms with Crippen molar-refractivity contribution in [2.75, 3.05) is 23.3 Å². The van der Waals surface area contributed by atoms with Gasteiger partial charge in [0, 0.05) is 42.7 Å². The van der Waals surface area contributed by atoms with E-state index in [1.54, 1.807) is 18.2 Å². The fraction of sp³-hybridized carbons (Fsp3) is 0.286. The summed E-state index contributed by atoms with van der Waals surface area (Å²) in [6, 6.07) is 14.0. The molecule has 1 heterocycles. The van der Waals surface area contributed by atoms with Gasteiger partial charge in [-0.3, -0.25) is 14.9 Å². The number of rotatable bonds is 5. The lowest BCUT2D eigenvalue weighted by Crippen LogP contribution is -2.23. The Kier molecular flexibility index (Phi) is 6.20. The number of hydrogen-bond acceptors (Lipinski definition) is 4. The number of hydrogen-bond donors (Lipinski definition) is 1. The van der Waals surface area contributed by atoms with Crippen molar-refractivity contribution in [2.24, 2.45) is 0 Å². The first-order chi connectivity index (χ1) is 13.1. The predicted octanol–water partition coefficient (Wildman–Crippen LogP) is 4.63. The van der Waals surface area contributed by atoms with E-state index in [2.05, 4.69) is 10.2 Å². The highest BCUT2D eigenvalue weighted by Crippen LogP contribution is 2.21. The van der Waals surface area contributed by atoms with Gasteiger partial charge >= 0.3 is 0 Å². The molecule has 0 aromatic heterocycles. The first-order valence-corrected chi connectivity index (χ1v) is 9.20. The summed E-state index contributed by atoms with van der Waals surface area (Å²) >= 11 is 0. The highest BCUT2D eigenvalue weighted by atomic mass is 16.6. The van der Waals surface area contributed by atoms with Crippen LogP contribution in [0.5, 0.6) is 0 Å². The Bertz CT molecular complexity index is 823. The number of carbonyl (C=O) groups excluding carboxylic acids is 1. The molecule has 27 heavy (non-hydrogen) atoms. The number of carbonyl (C=O) groups is 1. The van der Waals surface area contributed by atoms with Crippen molar-refractivity contribution >= 4 is 29.0 Å². The Morgan fingerprint density at radius 2 is 1.74 bits per heavy atom. The third-order valence-electron chi connectivity index (χ3n) is 4.61. The summed E-state index contributed by atoms with van der Waals surface area (Å²) in [7, 11) is 0. The maximum Gasteiger partial charge on any atom is 0.270 e. The van der Waals surface area contributed by atoms with Crippen LogP contribution in [0.2, 0.25) is 0 Å². The van der Waals surface area contributed by atoms with E-state index >= 15 is 0 Å². The predicted molar refractivity (Wildman–Crippen MR) is 108 cm³/mol. The van der Waals surface area contributed by atoms with Crippen LogP contribution in [0.4, 0.5) is 17.1 Å². The molecule has 1 saturated heterocycles. The number of nitrogens with zero attached hydrogens (tertiary/aromatic N) is 2. The minimum absolute atomic E-state index is 0.00154. The van der Waals surface area contributed by atoms with Crippen LogP contribution in [0.1, 0.15) is 31.2 Å². The number of anilines is 2. The van der Waals surface area contributed by atoms with E-state index in [0.717, 1.165) is 18.8 Å². The molecule has 1 aliphatic rings. The first kappa shape index (κ1) is 18.6. The molecule has 1 aliphatic heterocycles. The maximum absolute atomic E-state index is 12.1. The molecule has 0 radical (unpaired) electrons. The molecule has 1 N–H and O–H groups in total. The standard InChI is InChI=1S/C21H23N3O3/c25-21(13-8-17-6-5-7-20(16-17)24(26)27)22-18-9-11-19(12-10-18)23-14-3-1-2-4-15-23/h5-13,16H,1-4,14-15H2,(H,22,25)/b13-8+. The summed E-state index contributed by atoms with van der Waals surface area (Å²) in [5.74, 6) is -0.274. The summed E-state index contributed by atoms with van der Waals surface area (Å²) < 4.78 is 0. The summed E-state index contributed by atoms with van der Waals surface area (Å²) in [5.41, 5.74) is 2.52. The van der Waals surface area contributed by atoms with Crippen LogP contribution in [0.15, 0.2) is 54.6 Å². The normalized spacial score (nSPS) is 14.7. The number of nitrogens with one attached hydrogen (secondary N) is 1. The van der Waals surface area contributed by atoms with Crippen LogP contribution >= 0.6 is 0 Å². The Morgan fingerprint density at radius 3 is 2.41 bits per heavy atom. The molecule has 0 spiro atoms. The van der Waals surface area contributed by atoms with Crippen molar-refractivity contribution in [3.63, 3.8) is 0 Å². The van der Waals surface area contributed by atoms with Gasteiger partial charge in [-0.05, 0) is 48.7 Å². The van der Waals surface area contributed by atoms with E-state index < -0.39 is 4.92 Å². The van der Waals surface area contributed by atoms with E-state index in [9.17, 15) is 14.9 Å². The van der Waals surface area contributed by atoms with E-state index in [1.165, 1.54) is 49.6 Å². The summed E-state index contributed by atoms with van der Waals surface area (Å²) in [5, 5.41) is 13.6. The van der Waals surface area contributed by atoms with Crippen molar-refractivity contribution in [2.45, 2.75) is 25.7 Å². The minimum atomic E-state index is -0.455. The van der Waals surface area contributed by atoms with E-state index in [1.807, 2.05) is 24.3 Å². The number of amides is 1. The molecule has 1 fully saturated rings. The van der Waals surface area contributed by atoms with Gasteiger partial charge in [0.1, 0.15) is 0 Å². The lowest BCUT2D eigenvalue weighted by atomic mass is 10.2. The van der Waals surface area contributed by atoms with Crippen molar-refractivity contribution in [3.8, 4) is 0 Å². The number of nitro groups is 1. The van der Waals surface area contributed by atoms with Crippen molar-refractivity contribution < 1.29 is 9.72 Å². The topological polar surface area (TPSA) is 75.5 Å². The Morgan fingerprint density at radius 1 is 1.04 bits per heavy atom. The van der Waals surface area contributed by atoms with Crippen LogP contribution < -0.4 is 10.2 Å². The smallest absolute Gasteiger partial charge is 0.270 e. The SMILES string of the molecule is O=C(/C=C/c1cccc([N+](=O)[O-])c1)Nc1ccc(N2CCCCCC2)cc1. The molecule has 0 atom stereocenters. The summed E-state index contributed by atoms with van der Waals surface area (Å²) in [6.45, 7) is 2.16. The molecule has 2 aromatic carbocycles. The van der Waals surface area contributed by atoms with Crippen molar-refractivity contribution in [3.05, 3.63) is 70.3 Å². The molecule has 0 saturated carbocycles. The van der Waals surface area contributed by atoms with Gasteiger partial charge in [-0.2, -0.15) is 0 Å². The molecule has 6 nitrogen and oxygen atoms in total. The lowest BCUT2D eigenvalue weighted by molar-refractivity contribution is -0.384. The fourth-order valence-electron chi connectivity index (χ4n) is 3.18. The molecule has 2 aromatic rings. The minimum Gasteiger partial charge on any atom is -0.372 e. The molecule has 1 amide bonds. The van der Waals surface area contributed by atoms with Gasteiger partial charge in [-0.15, -0.1) is 0 Å². The van der Waals surface area contributed by atoms with Crippen molar-refractivity contribution in [1.29, 1.82) is 0 Å². The molecule has 3 rings (SSSR count). The number of non-ortho nitro benzene ring substituents is 1. The van der Waals surface area contributed by atoms with Gasteiger partial charge in [-0.1, -0.05) is 25.0 Å². The first-order valence-electron chi connectivity index (χ1n) is 9.20. The average Bonchev–Trinajstić information content (AvgIpc) is 2.97. The van der Waals surface area contributed by atoms with E-state index in [0.29, 0.717) is 5.56 Å². The maximum atomic E-state index is 12.1. The highest BCUT2D eigenvalue weighted by Gasteiger charge is 2.10. The van der Waals surface area contributed by atoms with Gasteiger partial charge in [-0.25, -0.2) is 0 Å². The molecule has 0 bridgehead atoms. The highest BCUT2D eigenvalue weighted by molar-refractivity contribution is 6.02. The van der Waals surface area contributed by atoms with Crippen LogP contribution in [0.3, 0.4) is 0 Å². The third kappa shape index (κ3) is 5.41. The van der Waals surface area contributed by atoms with Gasteiger partial charge < -0.3 is 10.2 Å².